The molecule has 12 heavy (non-hydrogen) atoms. The molecule has 0 bridgehead atoms. The van der Waals surface area contributed by atoms with E-state index in [4.69, 9.17) is 0 Å². The van der Waals surface area contributed by atoms with E-state index >= 15 is 0 Å². The van der Waals surface area contributed by atoms with Crippen molar-refractivity contribution in [3.63, 3.8) is 0 Å². The maximum atomic E-state index is 12.9. The minimum Gasteiger partial charge on any atom is -0.289 e. The van der Waals surface area contributed by atoms with Crippen LogP contribution in [0.3, 0.4) is 0 Å². The predicted molar refractivity (Wildman–Crippen MR) is 45.7 cm³/mol. The lowest BCUT2D eigenvalue weighted by molar-refractivity contribution is 0.104. The normalized spacial score (nSPS) is 9.50. The van der Waals surface area contributed by atoms with Gasteiger partial charge in [0.15, 0.2) is 5.78 Å². The van der Waals surface area contributed by atoms with Gasteiger partial charge >= 0.3 is 0 Å². The van der Waals surface area contributed by atoms with E-state index in [0.29, 0.717) is 11.1 Å². The van der Waals surface area contributed by atoms with Crippen LogP contribution >= 0.6 is 0 Å². The summed E-state index contributed by atoms with van der Waals surface area (Å²) in [4.78, 5) is 11.1. The molecule has 62 valence electrons. The molecule has 0 amide bonds. The molecular formula is C10H9FO. The zero-order chi connectivity index (χ0) is 9.14. The van der Waals surface area contributed by atoms with E-state index in [1.807, 2.05) is 0 Å². The van der Waals surface area contributed by atoms with Gasteiger partial charge < -0.3 is 0 Å². The summed E-state index contributed by atoms with van der Waals surface area (Å²) in [6.45, 7) is 4.91. The smallest absolute Gasteiger partial charge is 0.185 e. The largest absolute Gasteiger partial charge is 0.289 e. The first-order valence-corrected chi connectivity index (χ1v) is 3.58. The summed E-state index contributed by atoms with van der Waals surface area (Å²) in [7, 11) is 0. The molecular weight excluding hydrogens is 155 g/mol. The quantitative estimate of drug-likeness (QED) is 0.484. The predicted octanol–water partition coefficient (Wildman–Crippen LogP) is 2.50. The molecule has 0 atom stereocenters. The molecule has 0 unspecified atom stereocenters. The number of ketones is 1. The van der Waals surface area contributed by atoms with Crippen molar-refractivity contribution >= 4 is 5.78 Å². The molecule has 0 radical (unpaired) electrons. The van der Waals surface area contributed by atoms with Gasteiger partial charge in [-0.2, -0.15) is 0 Å². The van der Waals surface area contributed by atoms with Crippen LogP contribution in [0.5, 0.6) is 0 Å². The van der Waals surface area contributed by atoms with Gasteiger partial charge in [0.1, 0.15) is 5.82 Å². The van der Waals surface area contributed by atoms with Crippen LogP contribution in [0.4, 0.5) is 4.39 Å². The first-order chi connectivity index (χ1) is 5.66. The van der Waals surface area contributed by atoms with Crippen LogP contribution in [-0.4, -0.2) is 5.78 Å². The van der Waals surface area contributed by atoms with Crippen molar-refractivity contribution in [2.24, 2.45) is 0 Å². The molecule has 0 aliphatic rings. The second kappa shape index (κ2) is 3.30. The van der Waals surface area contributed by atoms with Gasteiger partial charge in [0, 0.05) is 5.56 Å². The summed E-state index contributed by atoms with van der Waals surface area (Å²) in [5, 5.41) is 0. The Morgan fingerprint density at radius 2 is 2.25 bits per heavy atom. The lowest BCUT2D eigenvalue weighted by Gasteiger charge is -2.01. The standard InChI is InChI=1S/C10H9FO/c1-3-10(12)8-5-4-6-9(11)7(8)2/h3-6H,1H2,2H3. The van der Waals surface area contributed by atoms with E-state index in [2.05, 4.69) is 6.58 Å². The molecule has 0 spiro atoms. The van der Waals surface area contributed by atoms with Crippen LogP contribution in [0.1, 0.15) is 15.9 Å². The summed E-state index contributed by atoms with van der Waals surface area (Å²) in [6.07, 6.45) is 1.18. The van der Waals surface area contributed by atoms with E-state index in [1.165, 1.54) is 18.2 Å². The number of carbonyl (C=O) groups is 1. The minimum absolute atomic E-state index is 0.244. The zero-order valence-corrected chi connectivity index (χ0v) is 6.80. The van der Waals surface area contributed by atoms with Gasteiger partial charge in [-0.15, -0.1) is 0 Å². The fourth-order valence-electron chi connectivity index (χ4n) is 0.984. The SMILES string of the molecule is C=CC(=O)c1cccc(F)c1C. The topological polar surface area (TPSA) is 17.1 Å². The monoisotopic (exact) mass is 164 g/mol. The van der Waals surface area contributed by atoms with Gasteiger partial charge in [0.2, 0.25) is 0 Å². The van der Waals surface area contributed by atoms with E-state index < -0.39 is 0 Å². The molecule has 1 rings (SSSR count). The lowest BCUT2D eigenvalue weighted by Crippen LogP contribution is -1.98. The number of halogens is 1. The maximum absolute atomic E-state index is 12.9. The van der Waals surface area contributed by atoms with E-state index in [1.54, 1.807) is 13.0 Å². The number of hydrogen-bond acceptors (Lipinski definition) is 1. The van der Waals surface area contributed by atoms with Crippen molar-refractivity contribution < 1.29 is 9.18 Å². The van der Waals surface area contributed by atoms with Crippen LogP contribution in [0.25, 0.3) is 0 Å². The fourth-order valence-corrected chi connectivity index (χ4v) is 0.984. The second-order valence-electron chi connectivity index (χ2n) is 2.48. The molecule has 1 nitrogen and oxygen atoms in total. The highest BCUT2D eigenvalue weighted by Crippen LogP contribution is 2.12. The zero-order valence-electron chi connectivity index (χ0n) is 6.80. The Hall–Kier alpha value is -1.44. The second-order valence-corrected chi connectivity index (χ2v) is 2.48. The Kier molecular flexibility index (Phi) is 2.38. The van der Waals surface area contributed by atoms with Crippen LogP contribution < -0.4 is 0 Å². The number of hydrogen-bond donors (Lipinski definition) is 0. The Morgan fingerprint density at radius 1 is 1.58 bits per heavy atom. The van der Waals surface area contributed by atoms with E-state index in [0.717, 1.165) is 0 Å². The number of carbonyl (C=O) groups excluding carboxylic acids is 1. The third-order valence-electron chi connectivity index (χ3n) is 1.72. The molecule has 0 N–H and O–H groups in total. The van der Waals surface area contributed by atoms with Crippen molar-refractivity contribution in [3.8, 4) is 0 Å². The molecule has 0 fully saturated rings. The van der Waals surface area contributed by atoms with Crippen molar-refractivity contribution in [1.29, 1.82) is 0 Å². The highest BCUT2D eigenvalue weighted by Gasteiger charge is 2.07. The lowest BCUT2D eigenvalue weighted by atomic mass is 10.0. The first-order valence-electron chi connectivity index (χ1n) is 3.58. The van der Waals surface area contributed by atoms with Gasteiger partial charge in [-0.25, -0.2) is 4.39 Å². The third kappa shape index (κ3) is 1.42. The molecule has 1 aromatic rings. The van der Waals surface area contributed by atoms with Gasteiger partial charge in [-0.3, -0.25) is 4.79 Å². The van der Waals surface area contributed by atoms with Crippen LogP contribution in [-0.2, 0) is 0 Å². The summed E-state index contributed by atoms with van der Waals surface area (Å²) in [5.41, 5.74) is 0.757. The van der Waals surface area contributed by atoms with Crippen molar-refractivity contribution in [1.82, 2.24) is 0 Å². The summed E-state index contributed by atoms with van der Waals surface area (Å²) in [6, 6.07) is 4.43. The van der Waals surface area contributed by atoms with Crippen LogP contribution in [0.15, 0.2) is 30.9 Å². The Labute approximate surface area is 70.5 Å². The third-order valence-corrected chi connectivity index (χ3v) is 1.72. The summed E-state index contributed by atoms with van der Waals surface area (Å²) >= 11 is 0. The van der Waals surface area contributed by atoms with Crippen molar-refractivity contribution in [3.05, 3.63) is 47.8 Å². The summed E-state index contributed by atoms with van der Waals surface area (Å²) in [5.74, 6) is -0.602. The van der Waals surface area contributed by atoms with Crippen molar-refractivity contribution in [2.75, 3.05) is 0 Å². The summed E-state index contributed by atoms with van der Waals surface area (Å²) < 4.78 is 12.9. The Balaban J connectivity index is 3.25. The molecule has 0 saturated carbocycles. The van der Waals surface area contributed by atoms with Crippen LogP contribution in [0, 0.1) is 12.7 Å². The maximum Gasteiger partial charge on any atom is 0.185 e. The van der Waals surface area contributed by atoms with E-state index in [-0.39, 0.29) is 11.6 Å². The molecule has 0 saturated heterocycles. The highest BCUT2D eigenvalue weighted by molar-refractivity contribution is 6.05. The molecule has 0 aliphatic carbocycles. The minimum atomic E-state index is -0.359. The van der Waals surface area contributed by atoms with Crippen LogP contribution in [0.2, 0.25) is 0 Å². The van der Waals surface area contributed by atoms with Crippen molar-refractivity contribution in [2.45, 2.75) is 6.92 Å². The molecule has 2 heteroatoms. The van der Waals surface area contributed by atoms with E-state index in [9.17, 15) is 9.18 Å². The van der Waals surface area contributed by atoms with Gasteiger partial charge in [-0.05, 0) is 24.6 Å². The fraction of sp³-hybridized carbons (Fsp3) is 0.100. The van der Waals surface area contributed by atoms with Gasteiger partial charge in [-0.1, -0.05) is 18.7 Å². The average molecular weight is 164 g/mol. The molecule has 0 aliphatic heterocycles. The number of benzene rings is 1. The van der Waals surface area contributed by atoms with Gasteiger partial charge in [0.05, 0.1) is 0 Å². The highest BCUT2D eigenvalue weighted by atomic mass is 19.1. The number of rotatable bonds is 2. The first kappa shape index (κ1) is 8.65. The van der Waals surface area contributed by atoms with Gasteiger partial charge in [0.25, 0.3) is 0 Å². The number of allylic oxidation sites excluding steroid dienone is 1. The Morgan fingerprint density at radius 3 is 2.83 bits per heavy atom. The molecule has 0 aromatic heterocycles. The molecule has 1 aromatic carbocycles. The average Bonchev–Trinajstić information content (AvgIpc) is 2.08. The molecule has 0 heterocycles. The Bertz CT molecular complexity index is 329.